The molecule has 0 aromatic carbocycles. The van der Waals surface area contributed by atoms with Crippen LogP contribution in [0.15, 0.2) is 30.7 Å². The molecule has 0 aliphatic carbocycles. The third kappa shape index (κ3) is 4.36. The molecule has 0 radical (unpaired) electrons. The lowest BCUT2D eigenvalue weighted by molar-refractivity contribution is -0.750. The first-order valence-electron chi connectivity index (χ1n) is 5.99. The van der Waals surface area contributed by atoms with Crippen molar-refractivity contribution in [2.45, 2.75) is 13.5 Å². The van der Waals surface area contributed by atoms with Crippen LogP contribution in [-0.2, 0) is 16.7 Å². The first-order chi connectivity index (χ1) is 9.85. The number of aryl methyl sites for hydroxylation is 1. The van der Waals surface area contributed by atoms with Gasteiger partial charge < -0.3 is 4.55 Å². The van der Waals surface area contributed by atoms with E-state index < -0.39 is 15.9 Å². The van der Waals surface area contributed by atoms with Crippen molar-refractivity contribution in [1.82, 2.24) is 15.1 Å². The molecule has 2 heterocycles. The lowest BCUT2D eigenvalue weighted by Crippen LogP contribution is -2.40. The van der Waals surface area contributed by atoms with Gasteiger partial charge in [-0.2, -0.15) is 0 Å². The second kappa shape index (κ2) is 6.02. The molecule has 2 aromatic rings. The lowest BCUT2D eigenvalue weighted by Gasteiger charge is -2.03. The molecular weight excluding hydrogens is 296 g/mol. The van der Waals surface area contributed by atoms with Crippen molar-refractivity contribution in [2.24, 2.45) is 0 Å². The first kappa shape index (κ1) is 15.1. The quantitative estimate of drug-likeness (QED) is 0.418. The molecule has 0 N–H and O–H groups in total. The maximum absolute atomic E-state index is 11.3. The molecule has 0 aliphatic heterocycles. The Labute approximate surface area is 121 Å². The molecule has 21 heavy (non-hydrogen) atoms. The van der Waals surface area contributed by atoms with Crippen molar-refractivity contribution in [1.29, 1.82) is 0 Å². The summed E-state index contributed by atoms with van der Waals surface area (Å²) in [5.74, 6) is -0.350. The lowest BCUT2D eigenvalue weighted by atomic mass is 10.2. The summed E-state index contributed by atoms with van der Waals surface area (Å²) >= 11 is 0. The average molecular weight is 308 g/mol. The summed E-state index contributed by atoms with van der Waals surface area (Å²) in [4.78, 5) is 19.4. The van der Waals surface area contributed by atoms with E-state index in [-0.39, 0.29) is 12.3 Å². The molecule has 0 spiro atoms. The van der Waals surface area contributed by atoms with Gasteiger partial charge in [-0.05, 0) is 11.2 Å². The van der Waals surface area contributed by atoms with Gasteiger partial charge in [-0.15, -0.1) is 0 Å². The number of rotatable bonds is 5. The van der Waals surface area contributed by atoms with Gasteiger partial charge in [0, 0.05) is 24.8 Å². The van der Waals surface area contributed by atoms with Gasteiger partial charge in [0.05, 0.1) is 5.75 Å². The highest BCUT2D eigenvalue weighted by molar-refractivity contribution is 7.85. The van der Waals surface area contributed by atoms with Crippen molar-refractivity contribution in [3.05, 3.63) is 36.4 Å². The average Bonchev–Trinajstić information content (AvgIpc) is 2.45. The standard InChI is InChI=1S/C12H12N4O4S/c1-9(17)11-2-4-13-12(15-11)10-3-5-16(14-8-10)6-7-21(18,19)20/h2-5,8H,6-7H2,1H3. The van der Waals surface area contributed by atoms with Gasteiger partial charge in [0.25, 0.3) is 0 Å². The van der Waals surface area contributed by atoms with Crippen LogP contribution in [0.2, 0.25) is 0 Å². The van der Waals surface area contributed by atoms with Crippen LogP contribution in [0.1, 0.15) is 17.4 Å². The number of hydrogen-bond donors (Lipinski definition) is 0. The van der Waals surface area contributed by atoms with Crippen molar-refractivity contribution in [2.75, 3.05) is 5.75 Å². The minimum absolute atomic E-state index is 0.0273. The fraction of sp³-hybridized carbons (Fsp3) is 0.250. The predicted octanol–water partition coefficient (Wildman–Crippen LogP) is -0.426. The Hall–Kier alpha value is -2.26. The third-order valence-electron chi connectivity index (χ3n) is 2.62. The van der Waals surface area contributed by atoms with Gasteiger partial charge in [0.1, 0.15) is 22.0 Å². The molecule has 0 atom stereocenters. The zero-order chi connectivity index (χ0) is 15.5. The summed E-state index contributed by atoms with van der Waals surface area (Å²) in [7, 11) is -4.27. The number of carbonyl (C=O) groups excluding carboxylic acids is 1. The van der Waals surface area contributed by atoms with Crippen molar-refractivity contribution >= 4 is 15.9 Å². The van der Waals surface area contributed by atoms with Crippen LogP contribution >= 0.6 is 0 Å². The summed E-state index contributed by atoms with van der Waals surface area (Å²) < 4.78 is 33.0. The topological polar surface area (TPSA) is 117 Å². The van der Waals surface area contributed by atoms with Crippen LogP contribution in [0, 0.1) is 0 Å². The summed E-state index contributed by atoms with van der Waals surface area (Å²) in [5, 5.41) is 3.98. The van der Waals surface area contributed by atoms with Gasteiger partial charge in [0.2, 0.25) is 0 Å². The Bertz CT molecular complexity index is 759. The zero-order valence-corrected chi connectivity index (χ0v) is 11.9. The van der Waals surface area contributed by atoms with Crippen LogP contribution in [0.4, 0.5) is 0 Å². The number of hydrogen-bond acceptors (Lipinski definition) is 7. The molecule has 0 fully saturated rings. The molecule has 0 bridgehead atoms. The Balaban J connectivity index is 2.19. The molecule has 0 saturated carbocycles. The van der Waals surface area contributed by atoms with E-state index in [1.54, 1.807) is 6.07 Å². The van der Waals surface area contributed by atoms with Crippen LogP contribution in [0.5, 0.6) is 0 Å². The molecular formula is C12H12N4O4S. The number of Topliss-reactive ketones (excluding diaryl/α,β-unsaturated/α-hetero) is 1. The number of nitrogens with zero attached hydrogens (tertiary/aromatic N) is 4. The summed E-state index contributed by atoms with van der Waals surface area (Å²) in [6.07, 6.45) is 4.44. The van der Waals surface area contributed by atoms with Gasteiger partial charge >= 0.3 is 0 Å². The van der Waals surface area contributed by atoms with E-state index in [9.17, 15) is 17.8 Å². The fourth-order valence-electron chi connectivity index (χ4n) is 1.55. The third-order valence-corrected chi connectivity index (χ3v) is 3.30. The van der Waals surface area contributed by atoms with Gasteiger partial charge in [-0.3, -0.25) is 4.79 Å². The monoisotopic (exact) mass is 308 g/mol. The predicted molar refractivity (Wildman–Crippen MR) is 70.0 cm³/mol. The van der Waals surface area contributed by atoms with Crippen LogP contribution in [0.25, 0.3) is 11.4 Å². The molecule has 0 aliphatic rings. The van der Waals surface area contributed by atoms with E-state index in [4.69, 9.17) is 0 Å². The van der Waals surface area contributed by atoms with E-state index in [1.807, 2.05) is 0 Å². The summed E-state index contributed by atoms with van der Waals surface area (Å²) in [6, 6.07) is 3.14. The molecule has 0 saturated heterocycles. The first-order valence-corrected chi connectivity index (χ1v) is 7.56. The Morgan fingerprint density at radius 2 is 2.14 bits per heavy atom. The Morgan fingerprint density at radius 1 is 1.38 bits per heavy atom. The molecule has 110 valence electrons. The van der Waals surface area contributed by atoms with Crippen LogP contribution < -0.4 is 4.68 Å². The Morgan fingerprint density at radius 3 is 2.71 bits per heavy atom. The minimum atomic E-state index is -4.27. The summed E-state index contributed by atoms with van der Waals surface area (Å²) in [6.45, 7) is 1.38. The molecule has 2 aromatic heterocycles. The fourth-order valence-corrected chi connectivity index (χ4v) is 1.96. The molecule has 0 unspecified atom stereocenters. The minimum Gasteiger partial charge on any atom is -0.748 e. The Kier molecular flexibility index (Phi) is 4.34. The van der Waals surface area contributed by atoms with E-state index in [0.717, 1.165) is 0 Å². The maximum Gasteiger partial charge on any atom is 0.197 e. The van der Waals surface area contributed by atoms with E-state index in [0.29, 0.717) is 17.1 Å². The smallest absolute Gasteiger partial charge is 0.197 e. The number of carbonyl (C=O) groups is 1. The van der Waals surface area contributed by atoms with Crippen molar-refractivity contribution in [3.8, 4) is 11.4 Å². The van der Waals surface area contributed by atoms with E-state index in [2.05, 4.69) is 15.1 Å². The normalized spacial score (nSPS) is 11.3. The number of aromatic nitrogens is 4. The maximum atomic E-state index is 11.3. The number of ketones is 1. The van der Waals surface area contributed by atoms with Gasteiger partial charge in [-0.25, -0.2) is 18.4 Å². The van der Waals surface area contributed by atoms with Gasteiger partial charge in [-0.1, -0.05) is 4.68 Å². The molecule has 0 amide bonds. The highest BCUT2D eigenvalue weighted by atomic mass is 32.2. The summed E-state index contributed by atoms with van der Waals surface area (Å²) in [5.41, 5.74) is 0.883. The SMILES string of the molecule is CC(=O)c1ccnc(-c2cc[n+](CCS(=O)(=O)[O-])nc2)n1. The molecule has 9 heteroatoms. The highest BCUT2D eigenvalue weighted by Gasteiger charge is 2.10. The van der Waals surface area contributed by atoms with E-state index in [1.165, 1.54) is 36.3 Å². The van der Waals surface area contributed by atoms with Crippen LogP contribution in [0.3, 0.4) is 0 Å². The second-order valence-electron chi connectivity index (χ2n) is 4.26. The van der Waals surface area contributed by atoms with E-state index >= 15 is 0 Å². The van der Waals surface area contributed by atoms with Gasteiger partial charge in [0.15, 0.2) is 24.3 Å². The molecule has 2 rings (SSSR count). The van der Waals surface area contributed by atoms with Crippen LogP contribution in [-0.4, -0.2) is 39.6 Å². The molecule has 8 nitrogen and oxygen atoms in total. The van der Waals surface area contributed by atoms with Crippen molar-refractivity contribution in [3.63, 3.8) is 0 Å². The van der Waals surface area contributed by atoms with Crippen molar-refractivity contribution < 1.29 is 22.4 Å². The largest absolute Gasteiger partial charge is 0.748 e. The zero-order valence-electron chi connectivity index (χ0n) is 11.1. The second-order valence-corrected chi connectivity index (χ2v) is 5.79. The highest BCUT2D eigenvalue weighted by Crippen LogP contribution is 2.11.